The fourth-order valence-electron chi connectivity index (χ4n) is 2.87. The molecule has 8 heteroatoms. The largest absolute Gasteiger partial charge is 0.324 e. The first kappa shape index (κ1) is 22.6. The molecule has 3 rings (SSSR count). The third-order valence-electron chi connectivity index (χ3n) is 4.39. The van der Waals surface area contributed by atoms with Crippen LogP contribution in [0, 0.1) is 0 Å². The zero-order valence-corrected chi connectivity index (χ0v) is 19.4. The van der Waals surface area contributed by atoms with E-state index in [9.17, 15) is 13.2 Å². The predicted octanol–water partition coefficient (Wildman–Crippen LogP) is 4.70. The van der Waals surface area contributed by atoms with Crippen LogP contribution in [0.2, 0.25) is 0 Å². The van der Waals surface area contributed by atoms with Gasteiger partial charge in [-0.15, -0.1) is 11.8 Å². The van der Waals surface area contributed by atoms with Gasteiger partial charge in [-0.05, 0) is 54.6 Å². The molecule has 5 nitrogen and oxygen atoms in total. The SMILES string of the molecule is CSc1ccccc1NC(=O)[C@H](Cc1ccccc1)NS(=O)(=O)c1ccc(Br)cc1. The van der Waals surface area contributed by atoms with Gasteiger partial charge in [0.15, 0.2) is 0 Å². The molecular formula is C22H21BrN2O3S2. The van der Waals surface area contributed by atoms with Crippen LogP contribution < -0.4 is 10.0 Å². The van der Waals surface area contributed by atoms with Crippen molar-refractivity contribution in [1.29, 1.82) is 0 Å². The molecule has 0 bridgehead atoms. The smallest absolute Gasteiger partial charge is 0.242 e. The van der Waals surface area contributed by atoms with Gasteiger partial charge in [0.05, 0.1) is 10.6 Å². The van der Waals surface area contributed by atoms with Crippen molar-refractivity contribution in [2.75, 3.05) is 11.6 Å². The maximum atomic E-state index is 13.1. The van der Waals surface area contributed by atoms with Gasteiger partial charge in [0, 0.05) is 9.37 Å². The molecule has 0 saturated carbocycles. The van der Waals surface area contributed by atoms with Crippen molar-refractivity contribution in [3.63, 3.8) is 0 Å². The maximum Gasteiger partial charge on any atom is 0.242 e. The molecule has 3 aromatic rings. The molecule has 30 heavy (non-hydrogen) atoms. The number of carbonyl (C=O) groups is 1. The van der Waals surface area contributed by atoms with Gasteiger partial charge in [-0.3, -0.25) is 4.79 Å². The molecule has 156 valence electrons. The standard InChI is InChI=1S/C22H21BrN2O3S2/c1-29-21-10-6-5-9-19(21)24-22(26)20(15-16-7-3-2-4-8-16)25-30(27,28)18-13-11-17(23)12-14-18/h2-14,20,25H,15H2,1H3,(H,24,26)/t20-/m0/s1. The highest BCUT2D eigenvalue weighted by Gasteiger charge is 2.26. The summed E-state index contributed by atoms with van der Waals surface area (Å²) in [5.41, 5.74) is 1.50. The van der Waals surface area contributed by atoms with Crippen molar-refractivity contribution in [3.8, 4) is 0 Å². The zero-order valence-electron chi connectivity index (χ0n) is 16.2. The van der Waals surface area contributed by atoms with Gasteiger partial charge >= 0.3 is 0 Å². The van der Waals surface area contributed by atoms with Gasteiger partial charge in [0.2, 0.25) is 15.9 Å². The number of para-hydroxylation sites is 1. The molecule has 0 fully saturated rings. The molecule has 0 aromatic heterocycles. The number of carbonyl (C=O) groups excluding carboxylic acids is 1. The van der Waals surface area contributed by atoms with E-state index in [4.69, 9.17) is 0 Å². The lowest BCUT2D eigenvalue weighted by Gasteiger charge is -2.20. The Kier molecular flexibility index (Phi) is 7.71. The fourth-order valence-corrected chi connectivity index (χ4v) is 4.89. The highest BCUT2D eigenvalue weighted by atomic mass is 79.9. The minimum absolute atomic E-state index is 0.0982. The third kappa shape index (κ3) is 5.95. The lowest BCUT2D eigenvalue weighted by atomic mass is 10.1. The number of nitrogens with one attached hydrogen (secondary N) is 2. The number of benzene rings is 3. The molecule has 2 N–H and O–H groups in total. The van der Waals surface area contributed by atoms with E-state index < -0.39 is 22.0 Å². The van der Waals surface area contributed by atoms with Crippen LogP contribution in [0.4, 0.5) is 5.69 Å². The normalized spacial score (nSPS) is 12.3. The zero-order chi connectivity index (χ0) is 21.6. The average Bonchev–Trinajstić information content (AvgIpc) is 2.74. The Morgan fingerprint density at radius 1 is 0.967 bits per heavy atom. The van der Waals surface area contributed by atoms with Gasteiger partial charge in [-0.2, -0.15) is 4.72 Å². The van der Waals surface area contributed by atoms with Crippen LogP contribution in [0.25, 0.3) is 0 Å². The van der Waals surface area contributed by atoms with Crippen molar-refractivity contribution in [2.24, 2.45) is 0 Å². The van der Waals surface area contributed by atoms with Gasteiger partial charge in [0.25, 0.3) is 0 Å². The van der Waals surface area contributed by atoms with Crippen molar-refractivity contribution in [1.82, 2.24) is 4.72 Å². The lowest BCUT2D eigenvalue weighted by Crippen LogP contribution is -2.45. The monoisotopic (exact) mass is 504 g/mol. The van der Waals surface area contributed by atoms with Crippen molar-refractivity contribution < 1.29 is 13.2 Å². The van der Waals surface area contributed by atoms with Gasteiger partial charge in [0.1, 0.15) is 6.04 Å². The molecule has 3 aromatic carbocycles. The van der Waals surface area contributed by atoms with E-state index in [-0.39, 0.29) is 11.3 Å². The summed E-state index contributed by atoms with van der Waals surface area (Å²) in [6, 6.07) is 22.0. The number of halogens is 1. The molecule has 0 unspecified atom stereocenters. The summed E-state index contributed by atoms with van der Waals surface area (Å²) in [4.78, 5) is 14.1. The number of hydrogen-bond donors (Lipinski definition) is 2. The Morgan fingerprint density at radius 3 is 2.27 bits per heavy atom. The number of sulfonamides is 1. The van der Waals surface area contributed by atoms with E-state index in [0.717, 1.165) is 14.9 Å². The second-order valence-electron chi connectivity index (χ2n) is 6.51. The molecule has 0 aliphatic carbocycles. The Labute approximate surface area is 189 Å². The topological polar surface area (TPSA) is 75.3 Å². The maximum absolute atomic E-state index is 13.1. The van der Waals surface area contributed by atoms with E-state index >= 15 is 0 Å². The first-order chi connectivity index (χ1) is 14.4. The number of thioether (sulfide) groups is 1. The Balaban J connectivity index is 1.88. The summed E-state index contributed by atoms with van der Waals surface area (Å²) in [5.74, 6) is -0.416. The Hall–Kier alpha value is -2.13. The molecule has 0 spiro atoms. The quantitative estimate of drug-likeness (QED) is 0.436. The minimum atomic E-state index is -3.89. The predicted molar refractivity (Wildman–Crippen MR) is 125 cm³/mol. The number of anilines is 1. The first-order valence-corrected chi connectivity index (χ1v) is 12.6. The molecule has 0 heterocycles. The van der Waals surface area contributed by atoms with Crippen LogP contribution in [-0.4, -0.2) is 26.6 Å². The summed E-state index contributed by atoms with van der Waals surface area (Å²) in [6.07, 6.45) is 2.15. The summed E-state index contributed by atoms with van der Waals surface area (Å²) in [7, 11) is -3.89. The molecule has 0 aliphatic heterocycles. The fraction of sp³-hybridized carbons (Fsp3) is 0.136. The minimum Gasteiger partial charge on any atom is -0.324 e. The summed E-state index contributed by atoms with van der Waals surface area (Å²) in [5, 5.41) is 2.87. The molecule has 0 saturated heterocycles. The lowest BCUT2D eigenvalue weighted by molar-refractivity contribution is -0.117. The van der Waals surface area contributed by atoms with Gasteiger partial charge in [-0.1, -0.05) is 58.4 Å². The summed E-state index contributed by atoms with van der Waals surface area (Å²) >= 11 is 4.81. The van der Waals surface area contributed by atoms with E-state index in [2.05, 4.69) is 26.0 Å². The summed E-state index contributed by atoms with van der Waals surface area (Å²) in [6.45, 7) is 0. The summed E-state index contributed by atoms with van der Waals surface area (Å²) < 4.78 is 29.2. The second-order valence-corrected chi connectivity index (χ2v) is 9.98. The van der Waals surface area contributed by atoms with Crippen LogP contribution in [-0.2, 0) is 21.2 Å². The Bertz CT molecular complexity index is 1100. The average molecular weight is 505 g/mol. The molecule has 0 aliphatic rings. The van der Waals surface area contributed by atoms with E-state index in [1.165, 1.54) is 23.9 Å². The molecule has 1 amide bonds. The van der Waals surface area contributed by atoms with E-state index in [1.54, 1.807) is 18.2 Å². The van der Waals surface area contributed by atoms with Gasteiger partial charge < -0.3 is 5.32 Å². The molecule has 0 radical (unpaired) electrons. The number of rotatable bonds is 8. The Morgan fingerprint density at radius 2 is 1.60 bits per heavy atom. The van der Waals surface area contributed by atoms with Crippen LogP contribution >= 0.6 is 27.7 Å². The second kappa shape index (κ2) is 10.3. The number of hydrogen-bond acceptors (Lipinski definition) is 4. The van der Waals surface area contributed by atoms with Crippen LogP contribution in [0.15, 0.2) is 93.1 Å². The van der Waals surface area contributed by atoms with E-state index in [1.807, 2.05) is 54.8 Å². The molecule has 1 atom stereocenters. The third-order valence-corrected chi connectivity index (χ3v) is 7.20. The van der Waals surface area contributed by atoms with Crippen molar-refractivity contribution in [3.05, 3.63) is 88.9 Å². The highest BCUT2D eigenvalue weighted by Crippen LogP contribution is 2.25. The van der Waals surface area contributed by atoms with Crippen LogP contribution in [0.5, 0.6) is 0 Å². The number of amides is 1. The van der Waals surface area contributed by atoms with Crippen LogP contribution in [0.3, 0.4) is 0 Å². The first-order valence-electron chi connectivity index (χ1n) is 9.15. The van der Waals surface area contributed by atoms with Gasteiger partial charge in [-0.25, -0.2) is 8.42 Å². The van der Waals surface area contributed by atoms with Crippen molar-refractivity contribution in [2.45, 2.75) is 22.3 Å². The molecular weight excluding hydrogens is 484 g/mol. The van der Waals surface area contributed by atoms with Crippen LogP contribution in [0.1, 0.15) is 5.56 Å². The van der Waals surface area contributed by atoms with E-state index in [0.29, 0.717) is 5.69 Å². The highest BCUT2D eigenvalue weighted by molar-refractivity contribution is 9.10. The van der Waals surface area contributed by atoms with Crippen molar-refractivity contribution >= 4 is 49.3 Å².